The zero-order chi connectivity index (χ0) is 22.2. The number of aliphatic hydroxyl groups is 3. The summed E-state index contributed by atoms with van der Waals surface area (Å²) in [6.45, 7) is 8.37. The molecule has 0 unspecified atom stereocenters. The summed E-state index contributed by atoms with van der Waals surface area (Å²) in [5.41, 5.74) is 1.76. The first kappa shape index (κ1) is 22.3. The third-order valence-corrected chi connectivity index (χ3v) is 5.65. The Morgan fingerprint density at radius 2 is 1.90 bits per heavy atom. The van der Waals surface area contributed by atoms with Gasteiger partial charge in [0.2, 0.25) is 0 Å². The Kier molecular flexibility index (Phi) is 6.26. The van der Waals surface area contributed by atoms with Gasteiger partial charge in [-0.1, -0.05) is 27.7 Å². The fourth-order valence-corrected chi connectivity index (χ4v) is 3.73. The lowest BCUT2D eigenvalue weighted by Gasteiger charge is -2.34. The minimum Gasteiger partial charge on any atom is -0.493 e. The van der Waals surface area contributed by atoms with Crippen molar-refractivity contribution in [3.05, 3.63) is 45.7 Å². The molecule has 1 aliphatic rings. The summed E-state index contributed by atoms with van der Waals surface area (Å²) in [5.74, 6) is 1.39. The van der Waals surface area contributed by atoms with Gasteiger partial charge in [0.15, 0.2) is 23.2 Å². The molecule has 0 radical (unpaired) electrons. The Balaban J connectivity index is 2.13. The summed E-state index contributed by atoms with van der Waals surface area (Å²) in [5, 5.41) is 28.7. The molecule has 1 aromatic carbocycles. The molecule has 0 fully saturated rings. The normalized spacial score (nSPS) is 15.9. The van der Waals surface area contributed by atoms with Gasteiger partial charge in [-0.25, -0.2) is 0 Å². The largest absolute Gasteiger partial charge is 0.493 e. The van der Waals surface area contributed by atoms with Crippen molar-refractivity contribution < 1.29 is 24.8 Å². The third kappa shape index (κ3) is 4.24. The van der Waals surface area contributed by atoms with Crippen molar-refractivity contribution in [3.63, 3.8) is 0 Å². The van der Waals surface area contributed by atoms with Crippen LogP contribution < -0.4 is 14.9 Å². The Labute approximate surface area is 176 Å². The van der Waals surface area contributed by atoms with Crippen LogP contribution >= 0.6 is 0 Å². The van der Waals surface area contributed by atoms with Crippen molar-refractivity contribution in [1.82, 2.24) is 4.57 Å². The van der Waals surface area contributed by atoms with Crippen LogP contribution in [0.4, 0.5) is 0 Å². The molecule has 0 amide bonds. The lowest BCUT2D eigenvalue weighted by Crippen LogP contribution is -2.28. The number of aliphatic hydroxyl groups excluding tert-OH is 2. The Morgan fingerprint density at radius 1 is 1.20 bits per heavy atom. The molecule has 3 N–H and O–H groups in total. The van der Waals surface area contributed by atoms with Gasteiger partial charge in [-0.15, -0.1) is 0 Å². The standard InChI is InChI=1S/C23H31NO6/c1-13(2)17-6-14-7-21(30-12-23(3,4)11-25)20(29-5)8-15(14)18-9-19(26)16(22(27)28)10-24(17)18/h7-10,13,17,22,25,27-28H,6,11-12H2,1-5H3/t17-/m1/s1. The molecule has 164 valence electrons. The minimum atomic E-state index is -1.82. The average molecular weight is 418 g/mol. The topological polar surface area (TPSA) is 101 Å². The van der Waals surface area contributed by atoms with Crippen molar-refractivity contribution in [3.8, 4) is 22.8 Å². The first-order valence-electron chi connectivity index (χ1n) is 10.1. The molecule has 2 aromatic rings. The second-order valence-corrected chi connectivity index (χ2v) is 9.05. The molecule has 1 aromatic heterocycles. The number of nitrogens with zero attached hydrogens (tertiary/aromatic N) is 1. The minimum absolute atomic E-state index is 0.00497. The molecular weight excluding hydrogens is 386 g/mol. The number of ether oxygens (including phenoxy) is 2. The molecule has 1 atom stereocenters. The number of fused-ring (bicyclic) bond motifs is 3. The first-order chi connectivity index (χ1) is 14.1. The van der Waals surface area contributed by atoms with Crippen LogP contribution in [0.5, 0.6) is 11.5 Å². The van der Waals surface area contributed by atoms with Crippen LogP contribution in [0.25, 0.3) is 11.3 Å². The fraction of sp³-hybridized carbons (Fsp3) is 0.522. The second-order valence-electron chi connectivity index (χ2n) is 9.05. The lowest BCUT2D eigenvalue weighted by molar-refractivity contribution is -0.0438. The fourth-order valence-electron chi connectivity index (χ4n) is 3.73. The highest BCUT2D eigenvalue weighted by Gasteiger charge is 2.29. The predicted octanol–water partition coefficient (Wildman–Crippen LogP) is 2.66. The van der Waals surface area contributed by atoms with E-state index < -0.39 is 11.7 Å². The Morgan fingerprint density at radius 3 is 2.47 bits per heavy atom. The second kappa shape index (κ2) is 8.41. The molecule has 3 rings (SSSR count). The SMILES string of the molecule is COc1cc2c(cc1OCC(C)(C)CO)C[C@H](C(C)C)n1cc(C(O)O)c(=O)cc1-2. The molecule has 0 bridgehead atoms. The van der Waals surface area contributed by atoms with Crippen LogP contribution in [0, 0.1) is 11.3 Å². The summed E-state index contributed by atoms with van der Waals surface area (Å²) in [6, 6.07) is 5.30. The van der Waals surface area contributed by atoms with E-state index in [0.29, 0.717) is 30.2 Å². The zero-order valence-corrected chi connectivity index (χ0v) is 18.2. The number of hydrogen-bond donors (Lipinski definition) is 3. The molecule has 2 heterocycles. The number of aromatic nitrogens is 1. The van der Waals surface area contributed by atoms with Crippen LogP contribution in [0.15, 0.2) is 29.2 Å². The van der Waals surface area contributed by atoms with Crippen LogP contribution in [-0.2, 0) is 6.42 Å². The van der Waals surface area contributed by atoms with Crippen LogP contribution in [-0.4, -0.2) is 40.2 Å². The average Bonchev–Trinajstić information content (AvgIpc) is 2.70. The van der Waals surface area contributed by atoms with E-state index in [9.17, 15) is 20.1 Å². The lowest BCUT2D eigenvalue weighted by atomic mass is 9.87. The van der Waals surface area contributed by atoms with Gasteiger partial charge >= 0.3 is 0 Å². The van der Waals surface area contributed by atoms with Gasteiger partial charge < -0.3 is 29.4 Å². The van der Waals surface area contributed by atoms with Crippen LogP contribution in [0.3, 0.4) is 0 Å². The first-order valence-corrected chi connectivity index (χ1v) is 10.1. The zero-order valence-electron chi connectivity index (χ0n) is 18.2. The quantitative estimate of drug-likeness (QED) is 0.599. The Bertz CT molecular complexity index is 976. The number of hydrogen-bond acceptors (Lipinski definition) is 6. The monoisotopic (exact) mass is 417 g/mol. The molecule has 0 spiro atoms. The summed E-state index contributed by atoms with van der Waals surface area (Å²) in [4.78, 5) is 12.5. The van der Waals surface area contributed by atoms with Gasteiger partial charge in [0.05, 0.1) is 31.6 Å². The van der Waals surface area contributed by atoms with Crippen molar-refractivity contribution in [1.29, 1.82) is 0 Å². The third-order valence-electron chi connectivity index (χ3n) is 5.65. The summed E-state index contributed by atoms with van der Waals surface area (Å²) >= 11 is 0. The van der Waals surface area contributed by atoms with Crippen molar-refractivity contribution in [2.24, 2.45) is 11.3 Å². The molecule has 0 aliphatic carbocycles. The van der Waals surface area contributed by atoms with Gasteiger partial charge in [0, 0.05) is 29.3 Å². The molecule has 30 heavy (non-hydrogen) atoms. The number of pyridine rings is 1. The molecule has 0 saturated carbocycles. The summed E-state index contributed by atoms with van der Waals surface area (Å²) in [6.07, 6.45) is 0.439. The van der Waals surface area contributed by atoms with E-state index in [2.05, 4.69) is 13.8 Å². The van der Waals surface area contributed by atoms with E-state index in [-0.39, 0.29) is 29.5 Å². The van der Waals surface area contributed by atoms with Gasteiger partial charge in [0.1, 0.15) is 0 Å². The van der Waals surface area contributed by atoms with Gasteiger partial charge in [-0.2, -0.15) is 0 Å². The smallest absolute Gasteiger partial charge is 0.190 e. The maximum atomic E-state index is 12.5. The highest BCUT2D eigenvalue weighted by molar-refractivity contribution is 5.71. The van der Waals surface area contributed by atoms with Gasteiger partial charge in [0.25, 0.3) is 0 Å². The van der Waals surface area contributed by atoms with E-state index in [1.807, 2.05) is 30.5 Å². The molecule has 1 aliphatic heterocycles. The summed E-state index contributed by atoms with van der Waals surface area (Å²) in [7, 11) is 1.56. The number of benzene rings is 1. The number of rotatable bonds is 7. The van der Waals surface area contributed by atoms with Crippen LogP contribution in [0.1, 0.15) is 51.2 Å². The maximum absolute atomic E-state index is 12.5. The highest BCUT2D eigenvalue weighted by Crippen LogP contribution is 2.43. The highest BCUT2D eigenvalue weighted by atomic mass is 16.5. The van der Waals surface area contributed by atoms with Crippen molar-refractivity contribution in [2.75, 3.05) is 20.3 Å². The molecule has 7 heteroatoms. The van der Waals surface area contributed by atoms with Crippen LogP contribution in [0.2, 0.25) is 0 Å². The van der Waals surface area contributed by atoms with E-state index in [1.54, 1.807) is 13.3 Å². The van der Waals surface area contributed by atoms with Gasteiger partial charge in [-0.05, 0) is 30.0 Å². The van der Waals surface area contributed by atoms with E-state index in [0.717, 1.165) is 11.1 Å². The van der Waals surface area contributed by atoms with E-state index >= 15 is 0 Å². The summed E-state index contributed by atoms with van der Waals surface area (Å²) < 4.78 is 13.5. The maximum Gasteiger partial charge on any atom is 0.190 e. The van der Waals surface area contributed by atoms with Crippen molar-refractivity contribution in [2.45, 2.75) is 46.4 Å². The molecular formula is C23H31NO6. The number of methoxy groups -OCH3 is 1. The van der Waals surface area contributed by atoms with E-state index in [1.165, 1.54) is 6.07 Å². The van der Waals surface area contributed by atoms with Gasteiger partial charge in [-0.3, -0.25) is 4.79 Å². The molecule has 7 nitrogen and oxygen atoms in total. The predicted molar refractivity (Wildman–Crippen MR) is 114 cm³/mol. The Hall–Kier alpha value is -2.35. The van der Waals surface area contributed by atoms with E-state index in [4.69, 9.17) is 9.47 Å². The van der Waals surface area contributed by atoms with Crippen molar-refractivity contribution >= 4 is 0 Å². The molecule has 0 saturated heterocycles.